The van der Waals surface area contributed by atoms with Crippen LogP contribution >= 0.6 is 0 Å². The summed E-state index contributed by atoms with van der Waals surface area (Å²) < 4.78 is 4.67. The molecule has 106 valence electrons. The number of hydrogen-bond acceptors (Lipinski definition) is 5. The van der Waals surface area contributed by atoms with Crippen LogP contribution in [0.5, 0.6) is 0 Å². The maximum absolute atomic E-state index is 11.4. The molecule has 5 heteroatoms. The maximum atomic E-state index is 11.4. The largest absolute Gasteiger partial charge is 0.464 e. The van der Waals surface area contributed by atoms with E-state index in [9.17, 15) is 15.0 Å². The zero-order valence-corrected chi connectivity index (χ0v) is 11.5. The van der Waals surface area contributed by atoms with Crippen molar-refractivity contribution < 1.29 is 19.7 Å². The Morgan fingerprint density at radius 2 is 2.00 bits per heavy atom. The number of carbonyl (C=O) groups is 1. The van der Waals surface area contributed by atoms with E-state index in [2.05, 4.69) is 4.74 Å². The van der Waals surface area contributed by atoms with E-state index in [0.29, 0.717) is 11.3 Å². The SMILES string of the molecule is CCOC(=O)C(O)C(O)c1cc(C(C)C)ccc1N. The second-order valence-electron chi connectivity index (χ2n) is 4.68. The minimum Gasteiger partial charge on any atom is -0.464 e. The van der Waals surface area contributed by atoms with Gasteiger partial charge in [-0.1, -0.05) is 26.0 Å². The summed E-state index contributed by atoms with van der Waals surface area (Å²) in [6.07, 6.45) is -3.03. The molecular formula is C14H21NO4. The lowest BCUT2D eigenvalue weighted by Crippen LogP contribution is -2.30. The number of rotatable bonds is 5. The van der Waals surface area contributed by atoms with Crippen molar-refractivity contribution >= 4 is 11.7 Å². The average molecular weight is 267 g/mol. The molecule has 2 unspecified atom stereocenters. The van der Waals surface area contributed by atoms with Gasteiger partial charge in [0.05, 0.1) is 6.61 Å². The fourth-order valence-corrected chi connectivity index (χ4v) is 1.74. The fourth-order valence-electron chi connectivity index (χ4n) is 1.74. The van der Waals surface area contributed by atoms with E-state index in [0.717, 1.165) is 5.56 Å². The number of esters is 1. The van der Waals surface area contributed by atoms with Crippen molar-refractivity contribution in [2.24, 2.45) is 0 Å². The summed E-state index contributed by atoms with van der Waals surface area (Å²) in [4.78, 5) is 11.4. The molecule has 0 radical (unpaired) electrons. The van der Waals surface area contributed by atoms with Gasteiger partial charge in [-0.25, -0.2) is 4.79 Å². The normalized spacial score (nSPS) is 14.2. The van der Waals surface area contributed by atoms with E-state index in [1.807, 2.05) is 19.9 Å². The highest BCUT2D eigenvalue weighted by Crippen LogP contribution is 2.27. The average Bonchev–Trinajstić information content (AvgIpc) is 2.37. The molecule has 0 bridgehead atoms. The molecule has 1 rings (SSSR count). The Balaban J connectivity index is 3.01. The molecular weight excluding hydrogens is 246 g/mol. The second-order valence-corrected chi connectivity index (χ2v) is 4.68. The topological polar surface area (TPSA) is 92.8 Å². The summed E-state index contributed by atoms with van der Waals surface area (Å²) in [7, 11) is 0. The molecule has 2 atom stereocenters. The number of hydrogen-bond donors (Lipinski definition) is 3. The third-order valence-electron chi connectivity index (χ3n) is 2.92. The van der Waals surface area contributed by atoms with Crippen LogP contribution in [0.25, 0.3) is 0 Å². The predicted octanol–water partition coefficient (Wildman–Crippen LogP) is 1.35. The Morgan fingerprint density at radius 3 is 2.53 bits per heavy atom. The maximum Gasteiger partial charge on any atom is 0.338 e. The molecule has 19 heavy (non-hydrogen) atoms. The van der Waals surface area contributed by atoms with Gasteiger partial charge in [-0.2, -0.15) is 0 Å². The number of anilines is 1. The molecule has 0 aliphatic heterocycles. The number of nitrogen functional groups attached to an aromatic ring is 1. The number of ether oxygens (including phenoxy) is 1. The molecule has 5 nitrogen and oxygen atoms in total. The van der Waals surface area contributed by atoms with Crippen LogP contribution in [0.15, 0.2) is 18.2 Å². The smallest absolute Gasteiger partial charge is 0.338 e. The van der Waals surface area contributed by atoms with Crippen molar-refractivity contribution in [3.8, 4) is 0 Å². The van der Waals surface area contributed by atoms with E-state index >= 15 is 0 Å². The van der Waals surface area contributed by atoms with Gasteiger partial charge in [0.1, 0.15) is 6.10 Å². The Hall–Kier alpha value is -1.59. The zero-order chi connectivity index (χ0) is 14.6. The molecule has 0 saturated carbocycles. The van der Waals surface area contributed by atoms with E-state index in [-0.39, 0.29) is 12.5 Å². The van der Waals surface area contributed by atoms with Crippen LogP contribution in [-0.2, 0) is 9.53 Å². The molecule has 1 aromatic rings. The number of benzene rings is 1. The molecule has 0 spiro atoms. The number of aliphatic hydroxyl groups excluding tert-OH is 2. The molecule has 0 aliphatic carbocycles. The van der Waals surface area contributed by atoms with Gasteiger partial charge < -0.3 is 20.7 Å². The van der Waals surface area contributed by atoms with Crippen molar-refractivity contribution in [3.05, 3.63) is 29.3 Å². The molecule has 0 fully saturated rings. The highest BCUT2D eigenvalue weighted by atomic mass is 16.5. The second kappa shape index (κ2) is 6.54. The lowest BCUT2D eigenvalue weighted by Gasteiger charge is -2.19. The van der Waals surface area contributed by atoms with Crippen molar-refractivity contribution in [1.29, 1.82) is 0 Å². The van der Waals surface area contributed by atoms with Crippen LogP contribution in [0.3, 0.4) is 0 Å². The van der Waals surface area contributed by atoms with Crippen LogP contribution in [-0.4, -0.2) is 28.9 Å². The minimum atomic E-state index is -1.63. The molecule has 0 heterocycles. The predicted molar refractivity (Wildman–Crippen MR) is 72.5 cm³/mol. The molecule has 1 aromatic carbocycles. The zero-order valence-electron chi connectivity index (χ0n) is 11.5. The summed E-state index contributed by atoms with van der Waals surface area (Å²) in [5.74, 6) is -0.601. The van der Waals surface area contributed by atoms with Gasteiger partial charge in [-0.3, -0.25) is 0 Å². The standard InChI is InChI=1S/C14H21NO4/c1-4-19-14(18)13(17)12(16)10-7-9(8(2)3)5-6-11(10)15/h5-8,12-13,16-17H,4,15H2,1-3H3. The van der Waals surface area contributed by atoms with Crippen molar-refractivity contribution in [2.75, 3.05) is 12.3 Å². The summed E-state index contributed by atoms with van der Waals surface area (Å²) >= 11 is 0. The van der Waals surface area contributed by atoms with Crippen molar-refractivity contribution in [2.45, 2.75) is 38.9 Å². The molecule has 0 aliphatic rings. The van der Waals surface area contributed by atoms with Gasteiger partial charge in [-0.05, 0) is 24.5 Å². The van der Waals surface area contributed by atoms with Crippen LogP contribution in [0, 0.1) is 0 Å². The van der Waals surface area contributed by atoms with Gasteiger partial charge in [0.25, 0.3) is 0 Å². The van der Waals surface area contributed by atoms with Gasteiger partial charge in [0, 0.05) is 11.3 Å². The third kappa shape index (κ3) is 3.68. The first-order chi connectivity index (χ1) is 8.88. The van der Waals surface area contributed by atoms with E-state index in [1.165, 1.54) is 0 Å². The minimum absolute atomic E-state index is 0.143. The van der Waals surface area contributed by atoms with Crippen molar-refractivity contribution in [1.82, 2.24) is 0 Å². The van der Waals surface area contributed by atoms with Crippen molar-refractivity contribution in [3.63, 3.8) is 0 Å². The first-order valence-corrected chi connectivity index (χ1v) is 6.30. The van der Waals surface area contributed by atoms with E-state index in [4.69, 9.17) is 5.73 Å². The third-order valence-corrected chi connectivity index (χ3v) is 2.92. The Morgan fingerprint density at radius 1 is 1.37 bits per heavy atom. The number of aliphatic hydroxyl groups is 2. The molecule has 0 saturated heterocycles. The van der Waals surface area contributed by atoms with E-state index in [1.54, 1.807) is 19.1 Å². The molecule has 0 aromatic heterocycles. The molecule has 4 N–H and O–H groups in total. The van der Waals surface area contributed by atoms with Gasteiger partial charge in [0.2, 0.25) is 0 Å². The van der Waals surface area contributed by atoms with Crippen LogP contribution in [0.1, 0.15) is 43.9 Å². The van der Waals surface area contributed by atoms with Crippen LogP contribution in [0.2, 0.25) is 0 Å². The Kier molecular flexibility index (Phi) is 5.32. The van der Waals surface area contributed by atoms with E-state index < -0.39 is 18.2 Å². The number of carbonyl (C=O) groups excluding carboxylic acids is 1. The number of nitrogens with two attached hydrogens (primary N) is 1. The van der Waals surface area contributed by atoms with Gasteiger partial charge in [0.15, 0.2) is 6.10 Å². The Bertz CT molecular complexity index is 445. The summed E-state index contributed by atoms with van der Waals surface area (Å²) in [6, 6.07) is 5.21. The van der Waals surface area contributed by atoms with Gasteiger partial charge >= 0.3 is 5.97 Å². The fraction of sp³-hybridized carbons (Fsp3) is 0.500. The lowest BCUT2D eigenvalue weighted by atomic mass is 9.95. The summed E-state index contributed by atoms with van der Waals surface area (Å²) in [6.45, 7) is 5.78. The molecule has 0 amide bonds. The first kappa shape index (κ1) is 15.5. The van der Waals surface area contributed by atoms with Crippen LogP contribution < -0.4 is 5.73 Å². The highest BCUT2D eigenvalue weighted by molar-refractivity contribution is 5.76. The summed E-state index contributed by atoms with van der Waals surface area (Å²) in [5.41, 5.74) is 7.42. The van der Waals surface area contributed by atoms with Crippen LogP contribution in [0.4, 0.5) is 5.69 Å². The first-order valence-electron chi connectivity index (χ1n) is 6.30. The monoisotopic (exact) mass is 267 g/mol. The Labute approximate surface area is 113 Å². The lowest BCUT2D eigenvalue weighted by molar-refractivity contribution is -0.159. The highest BCUT2D eigenvalue weighted by Gasteiger charge is 2.28. The quantitative estimate of drug-likeness (QED) is 0.553. The summed E-state index contributed by atoms with van der Waals surface area (Å²) in [5, 5.41) is 19.8. The van der Waals surface area contributed by atoms with Gasteiger partial charge in [-0.15, -0.1) is 0 Å².